The van der Waals surface area contributed by atoms with Crippen LogP contribution in [0.15, 0.2) is 12.2 Å². The van der Waals surface area contributed by atoms with Crippen LogP contribution in [0, 0.1) is 5.92 Å². The van der Waals surface area contributed by atoms with Gasteiger partial charge >= 0.3 is 0 Å². The molecule has 0 amide bonds. The molecular formula is C8H13F. The molecule has 1 rings (SSSR count). The molecule has 0 heterocycles. The van der Waals surface area contributed by atoms with Gasteiger partial charge in [0.2, 0.25) is 0 Å². The molecular weight excluding hydrogens is 115 g/mol. The molecule has 0 nitrogen and oxygen atoms in total. The minimum atomic E-state index is -0.671. The Morgan fingerprint density at radius 3 is 3.00 bits per heavy atom. The molecule has 0 N–H and O–H groups in total. The summed E-state index contributed by atoms with van der Waals surface area (Å²) in [6.45, 7) is 2.17. The molecule has 0 spiro atoms. The Bertz CT molecular complexity index is 107. The Hall–Kier alpha value is -0.330. The van der Waals surface area contributed by atoms with E-state index >= 15 is 0 Å². The highest BCUT2D eigenvalue weighted by atomic mass is 19.1. The van der Waals surface area contributed by atoms with E-state index in [-0.39, 0.29) is 0 Å². The van der Waals surface area contributed by atoms with Crippen molar-refractivity contribution in [3.63, 3.8) is 0 Å². The lowest BCUT2D eigenvalue weighted by Gasteiger charge is -2.03. The number of rotatable bonds is 0. The average Bonchev–Trinajstić information content (AvgIpc) is 1.97. The van der Waals surface area contributed by atoms with Crippen molar-refractivity contribution in [3.05, 3.63) is 12.2 Å². The molecule has 0 bridgehead atoms. The minimum absolute atomic E-state index is 0.671. The molecule has 0 aromatic rings. The third-order valence-corrected chi connectivity index (χ3v) is 1.82. The van der Waals surface area contributed by atoms with Crippen molar-refractivity contribution in [1.82, 2.24) is 0 Å². The van der Waals surface area contributed by atoms with Gasteiger partial charge < -0.3 is 0 Å². The van der Waals surface area contributed by atoms with Gasteiger partial charge in [0.15, 0.2) is 0 Å². The molecule has 0 saturated carbocycles. The maximum atomic E-state index is 12.5. The molecule has 2 atom stereocenters. The third kappa shape index (κ3) is 2.17. The maximum Gasteiger partial charge on any atom is 0.118 e. The summed E-state index contributed by atoms with van der Waals surface area (Å²) in [6.07, 6.45) is 5.79. The molecule has 0 fully saturated rings. The minimum Gasteiger partial charge on any atom is -0.243 e. The van der Waals surface area contributed by atoms with Gasteiger partial charge in [-0.2, -0.15) is 0 Å². The van der Waals surface area contributed by atoms with Crippen molar-refractivity contribution in [2.75, 3.05) is 0 Å². The summed E-state index contributed by atoms with van der Waals surface area (Å²) in [4.78, 5) is 0. The van der Waals surface area contributed by atoms with Crippen LogP contribution in [0.5, 0.6) is 0 Å². The van der Waals surface area contributed by atoms with Crippen LogP contribution in [0.3, 0.4) is 0 Å². The van der Waals surface area contributed by atoms with E-state index in [9.17, 15) is 4.39 Å². The molecule has 1 aliphatic carbocycles. The zero-order valence-corrected chi connectivity index (χ0v) is 5.81. The molecule has 2 unspecified atom stereocenters. The average molecular weight is 128 g/mol. The van der Waals surface area contributed by atoms with E-state index in [1.54, 1.807) is 6.08 Å². The van der Waals surface area contributed by atoms with E-state index in [0.29, 0.717) is 5.92 Å². The first-order valence-corrected chi connectivity index (χ1v) is 3.60. The molecule has 9 heavy (non-hydrogen) atoms. The predicted molar refractivity (Wildman–Crippen MR) is 37.1 cm³/mol. The van der Waals surface area contributed by atoms with Crippen LogP contribution in [-0.4, -0.2) is 6.17 Å². The molecule has 1 aliphatic rings. The van der Waals surface area contributed by atoms with Crippen LogP contribution < -0.4 is 0 Å². The highest BCUT2D eigenvalue weighted by molar-refractivity contribution is 4.92. The van der Waals surface area contributed by atoms with Crippen LogP contribution in [-0.2, 0) is 0 Å². The summed E-state index contributed by atoms with van der Waals surface area (Å²) in [7, 11) is 0. The summed E-state index contributed by atoms with van der Waals surface area (Å²) in [6, 6.07) is 0. The van der Waals surface area contributed by atoms with Gasteiger partial charge in [-0.05, 0) is 25.2 Å². The van der Waals surface area contributed by atoms with E-state index in [0.717, 1.165) is 19.3 Å². The fourth-order valence-electron chi connectivity index (χ4n) is 1.12. The smallest absolute Gasteiger partial charge is 0.118 e. The van der Waals surface area contributed by atoms with Crippen LogP contribution >= 0.6 is 0 Å². The van der Waals surface area contributed by atoms with Crippen LogP contribution in [0.1, 0.15) is 26.2 Å². The lowest BCUT2D eigenvalue weighted by Crippen LogP contribution is -1.95. The van der Waals surface area contributed by atoms with Crippen LogP contribution in [0.4, 0.5) is 4.39 Å². The highest BCUT2D eigenvalue weighted by Crippen LogP contribution is 2.18. The Balaban J connectivity index is 2.39. The van der Waals surface area contributed by atoms with E-state index in [1.165, 1.54) is 0 Å². The summed E-state index contributed by atoms with van der Waals surface area (Å²) >= 11 is 0. The number of alkyl halides is 1. The number of halogens is 1. The topological polar surface area (TPSA) is 0 Å². The molecule has 1 heteroatoms. The Labute approximate surface area is 55.8 Å². The van der Waals surface area contributed by atoms with Crippen molar-refractivity contribution in [3.8, 4) is 0 Å². The van der Waals surface area contributed by atoms with Gasteiger partial charge in [-0.3, -0.25) is 0 Å². The third-order valence-electron chi connectivity index (χ3n) is 1.82. The van der Waals surface area contributed by atoms with Crippen molar-refractivity contribution in [2.45, 2.75) is 32.4 Å². The molecule has 0 saturated heterocycles. The lowest BCUT2D eigenvalue weighted by molar-refractivity contribution is 0.355. The van der Waals surface area contributed by atoms with E-state index in [1.807, 2.05) is 6.08 Å². The predicted octanol–water partition coefficient (Wildman–Crippen LogP) is 2.70. The fraction of sp³-hybridized carbons (Fsp3) is 0.750. The quantitative estimate of drug-likeness (QED) is 0.440. The Morgan fingerprint density at radius 2 is 2.22 bits per heavy atom. The number of hydrogen-bond acceptors (Lipinski definition) is 0. The largest absolute Gasteiger partial charge is 0.243 e. The monoisotopic (exact) mass is 128 g/mol. The van der Waals surface area contributed by atoms with E-state index < -0.39 is 6.17 Å². The Kier molecular flexibility index (Phi) is 2.26. The summed E-state index contributed by atoms with van der Waals surface area (Å²) in [5.41, 5.74) is 0. The van der Waals surface area contributed by atoms with E-state index in [2.05, 4.69) is 6.92 Å². The first kappa shape index (κ1) is 6.79. The first-order chi connectivity index (χ1) is 4.29. The molecule has 0 aromatic heterocycles. The van der Waals surface area contributed by atoms with Crippen molar-refractivity contribution < 1.29 is 4.39 Å². The maximum absolute atomic E-state index is 12.5. The SMILES string of the molecule is CC1CC=CC(F)CC1. The molecule has 0 aromatic carbocycles. The second kappa shape index (κ2) is 3.00. The van der Waals surface area contributed by atoms with Crippen LogP contribution in [0.2, 0.25) is 0 Å². The van der Waals surface area contributed by atoms with Gasteiger partial charge in [-0.15, -0.1) is 0 Å². The van der Waals surface area contributed by atoms with Crippen LogP contribution in [0.25, 0.3) is 0 Å². The zero-order chi connectivity index (χ0) is 6.69. The van der Waals surface area contributed by atoms with Gasteiger partial charge in [0.25, 0.3) is 0 Å². The molecule has 0 aliphatic heterocycles. The second-order valence-electron chi connectivity index (χ2n) is 2.86. The normalized spacial score (nSPS) is 36.2. The standard InChI is InChI=1S/C8H13F/c1-7-3-2-4-8(9)6-5-7/h2,4,7-8H,3,5-6H2,1H3. The van der Waals surface area contributed by atoms with Crippen molar-refractivity contribution >= 4 is 0 Å². The lowest BCUT2D eigenvalue weighted by atomic mass is 10.0. The zero-order valence-electron chi connectivity index (χ0n) is 5.81. The highest BCUT2D eigenvalue weighted by Gasteiger charge is 2.09. The second-order valence-corrected chi connectivity index (χ2v) is 2.86. The van der Waals surface area contributed by atoms with Gasteiger partial charge in [0.05, 0.1) is 0 Å². The number of allylic oxidation sites excluding steroid dienone is 2. The van der Waals surface area contributed by atoms with Gasteiger partial charge in [-0.1, -0.05) is 19.1 Å². The fourth-order valence-corrected chi connectivity index (χ4v) is 1.12. The Morgan fingerprint density at radius 1 is 1.44 bits per heavy atom. The van der Waals surface area contributed by atoms with Crippen molar-refractivity contribution in [2.24, 2.45) is 5.92 Å². The summed E-state index contributed by atoms with van der Waals surface area (Å²) in [5.74, 6) is 0.682. The van der Waals surface area contributed by atoms with Crippen molar-refractivity contribution in [1.29, 1.82) is 0 Å². The van der Waals surface area contributed by atoms with E-state index in [4.69, 9.17) is 0 Å². The first-order valence-electron chi connectivity index (χ1n) is 3.60. The summed E-state index contributed by atoms with van der Waals surface area (Å²) < 4.78 is 12.5. The number of hydrogen-bond donors (Lipinski definition) is 0. The van der Waals surface area contributed by atoms with Gasteiger partial charge in [0.1, 0.15) is 6.17 Å². The molecule has 0 radical (unpaired) electrons. The van der Waals surface area contributed by atoms with Gasteiger partial charge in [-0.25, -0.2) is 4.39 Å². The summed E-state index contributed by atoms with van der Waals surface area (Å²) in [5, 5.41) is 0. The van der Waals surface area contributed by atoms with Gasteiger partial charge in [0, 0.05) is 0 Å². The molecule has 52 valence electrons.